The SMILES string of the molecule is Clc1cncc(C2=CCC[C@@H]3CCCN[C@H]23)c1. The highest BCUT2D eigenvalue weighted by Crippen LogP contribution is 2.35. The largest absolute Gasteiger partial charge is 0.310 e. The fourth-order valence-electron chi connectivity index (χ4n) is 3.08. The minimum absolute atomic E-state index is 0.512. The topological polar surface area (TPSA) is 24.9 Å². The Balaban J connectivity index is 1.93. The van der Waals surface area contributed by atoms with E-state index in [2.05, 4.69) is 16.4 Å². The molecule has 1 aromatic heterocycles. The first kappa shape index (κ1) is 11.2. The van der Waals surface area contributed by atoms with Crippen molar-refractivity contribution in [1.29, 1.82) is 0 Å². The van der Waals surface area contributed by atoms with E-state index in [1.165, 1.54) is 36.8 Å². The van der Waals surface area contributed by atoms with Gasteiger partial charge in [-0.05, 0) is 55.3 Å². The number of pyridine rings is 1. The molecule has 0 spiro atoms. The van der Waals surface area contributed by atoms with Crippen molar-refractivity contribution in [1.82, 2.24) is 10.3 Å². The van der Waals surface area contributed by atoms with E-state index in [1.54, 1.807) is 6.20 Å². The molecular weight excluding hydrogens is 232 g/mol. The third kappa shape index (κ3) is 2.24. The molecule has 1 aliphatic heterocycles. The van der Waals surface area contributed by atoms with E-state index in [4.69, 9.17) is 11.6 Å². The van der Waals surface area contributed by atoms with Crippen LogP contribution in [-0.2, 0) is 0 Å². The Hall–Kier alpha value is -0.860. The summed E-state index contributed by atoms with van der Waals surface area (Å²) in [7, 11) is 0. The lowest BCUT2D eigenvalue weighted by Gasteiger charge is -2.37. The zero-order valence-corrected chi connectivity index (χ0v) is 10.6. The van der Waals surface area contributed by atoms with Crippen LogP contribution >= 0.6 is 11.6 Å². The number of aromatic nitrogens is 1. The van der Waals surface area contributed by atoms with Crippen LogP contribution in [0.1, 0.15) is 31.2 Å². The van der Waals surface area contributed by atoms with Gasteiger partial charge in [-0.25, -0.2) is 0 Å². The van der Waals surface area contributed by atoms with Gasteiger partial charge in [0.25, 0.3) is 0 Å². The Kier molecular flexibility index (Phi) is 3.17. The lowest BCUT2D eigenvalue weighted by molar-refractivity contribution is 0.304. The molecule has 1 fully saturated rings. The molecule has 1 aromatic rings. The lowest BCUT2D eigenvalue weighted by Crippen LogP contribution is -2.43. The fourth-order valence-corrected chi connectivity index (χ4v) is 3.25. The van der Waals surface area contributed by atoms with Gasteiger partial charge >= 0.3 is 0 Å². The molecule has 1 aliphatic carbocycles. The van der Waals surface area contributed by atoms with Crippen LogP contribution in [0.3, 0.4) is 0 Å². The van der Waals surface area contributed by atoms with Crippen LogP contribution in [0, 0.1) is 5.92 Å². The number of piperidine rings is 1. The third-order valence-electron chi connectivity index (χ3n) is 3.86. The molecule has 0 bridgehead atoms. The average Bonchev–Trinajstić information content (AvgIpc) is 2.38. The maximum atomic E-state index is 6.03. The van der Waals surface area contributed by atoms with Crippen molar-refractivity contribution in [2.45, 2.75) is 31.7 Å². The number of hydrogen-bond acceptors (Lipinski definition) is 2. The second-order valence-electron chi connectivity index (χ2n) is 4.96. The van der Waals surface area contributed by atoms with Crippen molar-refractivity contribution in [3.05, 3.63) is 35.1 Å². The average molecular weight is 249 g/mol. The van der Waals surface area contributed by atoms with Gasteiger partial charge in [0.05, 0.1) is 5.02 Å². The summed E-state index contributed by atoms with van der Waals surface area (Å²) < 4.78 is 0. The Labute approximate surface area is 107 Å². The van der Waals surface area contributed by atoms with Crippen molar-refractivity contribution in [3.63, 3.8) is 0 Å². The van der Waals surface area contributed by atoms with E-state index in [-0.39, 0.29) is 0 Å². The molecular formula is C14H17ClN2. The van der Waals surface area contributed by atoms with Gasteiger partial charge in [-0.3, -0.25) is 4.98 Å². The summed E-state index contributed by atoms with van der Waals surface area (Å²) in [6.07, 6.45) is 11.1. The van der Waals surface area contributed by atoms with Crippen LogP contribution in [0.4, 0.5) is 0 Å². The van der Waals surface area contributed by atoms with Gasteiger partial charge in [-0.15, -0.1) is 0 Å². The number of rotatable bonds is 1. The van der Waals surface area contributed by atoms with Crippen molar-refractivity contribution in [2.24, 2.45) is 5.92 Å². The van der Waals surface area contributed by atoms with Crippen LogP contribution in [0.2, 0.25) is 5.02 Å². The molecule has 2 aliphatic rings. The molecule has 3 rings (SSSR count). The highest BCUT2D eigenvalue weighted by molar-refractivity contribution is 6.30. The van der Waals surface area contributed by atoms with Gasteiger partial charge in [0.2, 0.25) is 0 Å². The van der Waals surface area contributed by atoms with E-state index in [1.807, 2.05) is 12.3 Å². The first-order chi connectivity index (χ1) is 8.34. The van der Waals surface area contributed by atoms with Gasteiger partial charge in [-0.2, -0.15) is 0 Å². The minimum atomic E-state index is 0.512. The third-order valence-corrected chi connectivity index (χ3v) is 4.07. The Morgan fingerprint density at radius 1 is 1.29 bits per heavy atom. The second kappa shape index (κ2) is 4.79. The zero-order valence-electron chi connectivity index (χ0n) is 9.82. The Morgan fingerprint density at radius 3 is 3.12 bits per heavy atom. The van der Waals surface area contributed by atoms with E-state index < -0.39 is 0 Å². The van der Waals surface area contributed by atoms with Crippen molar-refractivity contribution < 1.29 is 0 Å². The summed E-state index contributed by atoms with van der Waals surface area (Å²) in [5.41, 5.74) is 2.58. The molecule has 0 amide bonds. The van der Waals surface area contributed by atoms with E-state index in [9.17, 15) is 0 Å². The summed E-state index contributed by atoms with van der Waals surface area (Å²) in [5.74, 6) is 0.794. The molecule has 0 unspecified atom stereocenters. The summed E-state index contributed by atoms with van der Waals surface area (Å²) in [5, 5.41) is 4.37. The predicted octanol–water partition coefficient (Wildman–Crippen LogP) is 3.28. The summed E-state index contributed by atoms with van der Waals surface area (Å²) in [6.45, 7) is 1.13. The Bertz CT molecular complexity index is 442. The van der Waals surface area contributed by atoms with Crippen LogP contribution in [0.15, 0.2) is 24.5 Å². The standard InChI is InChI=1S/C14H17ClN2/c15-12-7-11(8-16-9-12)13-5-1-3-10-4-2-6-17-14(10)13/h5,7-10,14,17H,1-4,6H2/t10-,14+/m1/s1. The van der Waals surface area contributed by atoms with Crippen LogP contribution in [-0.4, -0.2) is 17.6 Å². The number of fused-ring (bicyclic) bond motifs is 1. The highest BCUT2D eigenvalue weighted by atomic mass is 35.5. The maximum absolute atomic E-state index is 6.03. The van der Waals surface area contributed by atoms with Crippen molar-refractivity contribution >= 4 is 17.2 Å². The van der Waals surface area contributed by atoms with Crippen LogP contribution in [0.25, 0.3) is 5.57 Å². The van der Waals surface area contributed by atoms with E-state index in [0.29, 0.717) is 6.04 Å². The molecule has 1 N–H and O–H groups in total. The number of allylic oxidation sites excluding steroid dienone is 1. The van der Waals surface area contributed by atoms with Crippen LogP contribution < -0.4 is 5.32 Å². The second-order valence-corrected chi connectivity index (χ2v) is 5.40. The predicted molar refractivity (Wildman–Crippen MR) is 71.0 cm³/mol. The Morgan fingerprint density at radius 2 is 2.24 bits per heavy atom. The molecule has 1 saturated heterocycles. The fraction of sp³-hybridized carbons (Fsp3) is 0.500. The number of nitrogens with zero attached hydrogens (tertiary/aromatic N) is 1. The van der Waals surface area contributed by atoms with Gasteiger partial charge in [0.1, 0.15) is 0 Å². The smallest absolute Gasteiger partial charge is 0.0595 e. The molecule has 0 radical (unpaired) electrons. The first-order valence-electron chi connectivity index (χ1n) is 6.39. The number of halogens is 1. The van der Waals surface area contributed by atoms with E-state index in [0.717, 1.165) is 17.5 Å². The highest BCUT2D eigenvalue weighted by Gasteiger charge is 2.30. The lowest BCUT2D eigenvalue weighted by atomic mass is 9.77. The molecule has 3 heteroatoms. The van der Waals surface area contributed by atoms with Crippen LogP contribution in [0.5, 0.6) is 0 Å². The monoisotopic (exact) mass is 248 g/mol. The van der Waals surface area contributed by atoms with Crippen molar-refractivity contribution in [2.75, 3.05) is 6.54 Å². The van der Waals surface area contributed by atoms with Gasteiger partial charge in [0.15, 0.2) is 0 Å². The molecule has 0 aromatic carbocycles. The summed E-state index contributed by atoms with van der Waals surface area (Å²) in [4.78, 5) is 4.20. The number of hydrogen-bond donors (Lipinski definition) is 1. The van der Waals surface area contributed by atoms with Gasteiger partial charge < -0.3 is 5.32 Å². The minimum Gasteiger partial charge on any atom is -0.310 e. The number of nitrogens with one attached hydrogen (secondary N) is 1. The normalized spacial score (nSPS) is 28.4. The van der Waals surface area contributed by atoms with Gasteiger partial charge in [-0.1, -0.05) is 17.7 Å². The maximum Gasteiger partial charge on any atom is 0.0595 e. The van der Waals surface area contributed by atoms with Crippen molar-refractivity contribution in [3.8, 4) is 0 Å². The molecule has 90 valence electrons. The molecule has 0 saturated carbocycles. The molecule has 2 nitrogen and oxygen atoms in total. The molecule has 17 heavy (non-hydrogen) atoms. The van der Waals surface area contributed by atoms with Gasteiger partial charge in [0, 0.05) is 18.4 Å². The first-order valence-corrected chi connectivity index (χ1v) is 6.77. The summed E-state index contributed by atoms with van der Waals surface area (Å²) >= 11 is 6.03. The summed E-state index contributed by atoms with van der Waals surface area (Å²) in [6, 6.07) is 2.54. The zero-order chi connectivity index (χ0) is 11.7. The van der Waals surface area contributed by atoms with E-state index >= 15 is 0 Å². The molecule has 2 heterocycles. The molecule has 2 atom stereocenters. The quantitative estimate of drug-likeness (QED) is 0.825.